The molecule has 2 rings (SSSR count). The topological polar surface area (TPSA) is 76.4 Å². The molecule has 0 aromatic heterocycles. The maximum Gasteiger partial charge on any atom is 0.407 e. The number of nitriles is 1. The normalized spacial score (nSPS) is 28.9. The molecule has 1 amide bonds. The lowest BCUT2D eigenvalue weighted by Crippen LogP contribution is -2.50. The van der Waals surface area contributed by atoms with Gasteiger partial charge in [0.05, 0.1) is 6.07 Å². The zero-order chi connectivity index (χ0) is 13.7. The number of hydrogen-bond acceptors (Lipinski definition) is 3. The fourth-order valence-corrected chi connectivity index (χ4v) is 3.33. The van der Waals surface area contributed by atoms with Gasteiger partial charge in [-0.1, -0.05) is 12.8 Å². The van der Waals surface area contributed by atoms with Crippen LogP contribution in [0.15, 0.2) is 0 Å². The summed E-state index contributed by atoms with van der Waals surface area (Å²) in [4.78, 5) is 12.3. The maximum absolute atomic E-state index is 10.9. The SMILES string of the molecule is N#CC[C@H]1CCCC[C@@H]1NC1CCN(C(=O)O)CC1. The third kappa shape index (κ3) is 3.84. The van der Waals surface area contributed by atoms with Crippen LogP contribution in [-0.4, -0.2) is 41.3 Å². The van der Waals surface area contributed by atoms with Gasteiger partial charge in [-0.25, -0.2) is 4.79 Å². The second kappa shape index (κ2) is 6.76. The van der Waals surface area contributed by atoms with Crippen molar-refractivity contribution in [2.24, 2.45) is 5.92 Å². The smallest absolute Gasteiger partial charge is 0.407 e. The molecule has 2 fully saturated rings. The Morgan fingerprint density at radius 3 is 2.58 bits per heavy atom. The highest BCUT2D eigenvalue weighted by Gasteiger charge is 2.29. The van der Waals surface area contributed by atoms with Crippen molar-refractivity contribution in [1.82, 2.24) is 10.2 Å². The number of carbonyl (C=O) groups is 1. The number of nitrogens with zero attached hydrogens (tertiary/aromatic N) is 2. The van der Waals surface area contributed by atoms with Crippen LogP contribution >= 0.6 is 0 Å². The van der Waals surface area contributed by atoms with E-state index in [9.17, 15) is 4.79 Å². The van der Waals surface area contributed by atoms with Gasteiger partial charge in [0, 0.05) is 31.6 Å². The van der Waals surface area contributed by atoms with Crippen molar-refractivity contribution in [3.05, 3.63) is 0 Å². The van der Waals surface area contributed by atoms with E-state index >= 15 is 0 Å². The van der Waals surface area contributed by atoms with E-state index in [0.29, 0.717) is 37.5 Å². The molecule has 1 saturated heterocycles. The zero-order valence-corrected chi connectivity index (χ0v) is 11.3. The first-order valence-electron chi connectivity index (χ1n) is 7.31. The Labute approximate surface area is 114 Å². The molecule has 5 heteroatoms. The molecule has 0 radical (unpaired) electrons. The van der Waals surface area contributed by atoms with E-state index in [1.807, 2.05) is 0 Å². The van der Waals surface area contributed by atoms with E-state index in [1.54, 1.807) is 0 Å². The van der Waals surface area contributed by atoms with Crippen molar-refractivity contribution in [2.45, 2.75) is 57.0 Å². The number of amides is 1. The van der Waals surface area contributed by atoms with Crippen molar-refractivity contribution in [2.75, 3.05) is 13.1 Å². The quantitative estimate of drug-likeness (QED) is 0.820. The molecular formula is C14H23N3O2. The van der Waals surface area contributed by atoms with Crippen LogP contribution in [0, 0.1) is 17.2 Å². The predicted octanol–water partition coefficient (Wildman–Crippen LogP) is 2.19. The fourth-order valence-electron chi connectivity index (χ4n) is 3.33. The highest BCUT2D eigenvalue weighted by Crippen LogP contribution is 2.28. The number of nitrogens with one attached hydrogen (secondary N) is 1. The number of hydrogen-bond donors (Lipinski definition) is 2. The third-order valence-electron chi connectivity index (χ3n) is 4.48. The van der Waals surface area contributed by atoms with Gasteiger partial charge in [0.1, 0.15) is 0 Å². The van der Waals surface area contributed by atoms with Gasteiger partial charge in [0.25, 0.3) is 0 Å². The molecule has 2 aliphatic rings. The molecule has 0 bridgehead atoms. The zero-order valence-electron chi connectivity index (χ0n) is 11.3. The van der Waals surface area contributed by atoms with E-state index in [-0.39, 0.29) is 0 Å². The van der Waals surface area contributed by atoms with Crippen LogP contribution in [0.3, 0.4) is 0 Å². The van der Waals surface area contributed by atoms with Crippen molar-refractivity contribution in [1.29, 1.82) is 5.26 Å². The summed E-state index contributed by atoms with van der Waals surface area (Å²) >= 11 is 0. The van der Waals surface area contributed by atoms with Gasteiger partial charge in [-0.05, 0) is 31.6 Å². The van der Waals surface area contributed by atoms with E-state index in [2.05, 4.69) is 11.4 Å². The second-order valence-electron chi connectivity index (χ2n) is 5.72. The lowest BCUT2D eigenvalue weighted by Gasteiger charge is -2.37. The maximum atomic E-state index is 10.9. The van der Waals surface area contributed by atoms with Crippen LogP contribution < -0.4 is 5.32 Å². The minimum absolute atomic E-state index is 0.417. The summed E-state index contributed by atoms with van der Waals surface area (Å²) in [5.41, 5.74) is 0. The van der Waals surface area contributed by atoms with Gasteiger partial charge in [-0.3, -0.25) is 0 Å². The van der Waals surface area contributed by atoms with E-state index in [1.165, 1.54) is 17.7 Å². The van der Waals surface area contributed by atoms with Gasteiger partial charge in [0.2, 0.25) is 0 Å². The summed E-state index contributed by atoms with van der Waals surface area (Å²) < 4.78 is 0. The number of carboxylic acid groups (broad SMARTS) is 1. The lowest BCUT2D eigenvalue weighted by atomic mass is 9.82. The highest BCUT2D eigenvalue weighted by molar-refractivity contribution is 5.65. The predicted molar refractivity (Wildman–Crippen MR) is 71.7 cm³/mol. The van der Waals surface area contributed by atoms with Crippen molar-refractivity contribution in [3.63, 3.8) is 0 Å². The first kappa shape index (κ1) is 14.1. The first-order chi connectivity index (χ1) is 9.20. The van der Waals surface area contributed by atoms with Crippen LogP contribution in [0.4, 0.5) is 4.79 Å². The Morgan fingerprint density at radius 1 is 1.26 bits per heavy atom. The van der Waals surface area contributed by atoms with Crippen molar-refractivity contribution in [3.8, 4) is 6.07 Å². The lowest BCUT2D eigenvalue weighted by molar-refractivity contribution is 0.123. The minimum Gasteiger partial charge on any atom is -0.465 e. The molecule has 1 saturated carbocycles. The average Bonchev–Trinajstić information content (AvgIpc) is 2.42. The minimum atomic E-state index is -0.807. The van der Waals surface area contributed by atoms with Gasteiger partial charge >= 0.3 is 6.09 Å². The van der Waals surface area contributed by atoms with Crippen LogP contribution in [0.1, 0.15) is 44.9 Å². The monoisotopic (exact) mass is 265 g/mol. The van der Waals surface area contributed by atoms with E-state index in [4.69, 9.17) is 10.4 Å². The van der Waals surface area contributed by atoms with Crippen LogP contribution in [0.5, 0.6) is 0 Å². The summed E-state index contributed by atoms with van der Waals surface area (Å²) in [5, 5.41) is 21.5. The molecule has 1 aliphatic carbocycles. The second-order valence-corrected chi connectivity index (χ2v) is 5.72. The Morgan fingerprint density at radius 2 is 1.95 bits per heavy atom. The Kier molecular flexibility index (Phi) is 5.03. The number of piperidine rings is 1. The summed E-state index contributed by atoms with van der Waals surface area (Å²) in [7, 11) is 0. The molecular weight excluding hydrogens is 242 g/mol. The summed E-state index contributed by atoms with van der Waals surface area (Å²) in [6.45, 7) is 1.26. The molecule has 2 N–H and O–H groups in total. The Hall–Kier alpha value is -1.28. The van der Waals surface area contributed by atoms with E-state index < -0.39 is 6.09 Å². The first-order valence-corrected chi connectivity index (χ1v) is 7.31. The molecule has 5 nitrogen and oxygen atoms in total. The van der Waals surface area contributed by atoms with Gasteiger partial charge in [-0.2, -0.15) is 5.26 Å². The highest BCUT2D eigenvalue weighted by atomic mass is 16.4. The fraction of sp³-hybridized carbons (Fsp3) is 0.857. The standard InChI is InChI=1S/C14H23N3O2/c15-8-5-11-3-1-2-4-13(11)16-12-6-9-17(10-7-12)14(18)19/h11-13,16H,1-7,9-10H2,(H,18,19)/t11-,13+/m1/s1. The molecule has 0 aromatic rings. The molecule has 19 heavy (non-hydrogen) atoms. The molecule has 2 atom stereocenters. The van der Waals surface area contributed by atoms with Crippen LogP contribution in [0.2, 0.25) is 0 Å². The third-order valence-corrected chi connectivity index (χ3v) is 4.48. The summed E-state index contributed by atoms with van der Waals surface area (Å²) in [6, 6.07) is 3.17. The van der Waals surface area contributed by atoms with Crippen LogP contribution in [0.25, 0.3) is 0 Å². The molecule has 1 aliphatic heterocycles. The van der Waals surface area contributed by atoms with Gasteiger partial charge in [-0.15, -0.1) is 0 Å². The molecule has 1 heterocycles. The molecule has 0 spiro atoms. The van der Waals surface area contributed by atoms with Gasteiger partial charge in [0.15, 0.2) is 0 Å². The Balaban J connectivity index is 1.80. The Bertz CT molecular complexity index is 345. The number of rotatable bonds is 3. The average molecular weight is 265 g/mol. The largest absolute Gasteiger partial charge is 0.465 e. The van der Waals surface area contributed by atoms with E-state index in [0.717, 1.165) is 25.7 Å². The van der Waals surface area contributed by atoms with Crippen LogP contribution in [-0.2, 0) is 0 Å². The summed E-state index contributed by atoms with van der Waals surface area (Å²) in [6.07, 6.45) is 6.41. The molecule has 0 unspecified atom stereocenters. The molecule has 0 aromatic carbocycles. The summed E-state index contributed by atoms with van der Waals surface area (Å²) in [5.74, 6) is 0.483. The van der Waals surface area contributed by atoms with Gasteiger partial charge < -0.3 is 15.3 Å². The molecule has 106 valence electrons. The van der Waals surface area contributed by atoms with Crippen molar-refractivity contribution >= 4 is 6.09 Å². The number of likely N-dealkylation sites (tertiary alicyclic amines) is 1. The van der Waals surface area contributed by atoms with Crippen molar-refractivity contribution < 1.29 is 9.90 Å².